The maximum absolute atomic E-state index is 4.80. The van der Waals surface area contributed by atoms with Gasteiger partial charge in [-0.3, -0.25) is 9.97 Å². The van der Waals surface area contributed by atoms with Crippen molar-refractivity contribution in [1.82, 2.24) is 9.97 Å². The molecule has 0 aliphatic heterocycles. The van der Waals surface area contributed by atoms with Gasteiger partial charge in [-0.2, -0.15) is 0 Å². The van der Waals surface area contributed by atoms with Gasteiger partial charge in [0.2, 0.25) is 0 Å². The van der Waals surface area contributed by atoms with Crippen molar-refractivity contribution >= 4 is 0 Å². The summed E-state index contributed by atoms with van der Waals surface area (Å²) in [6.45, 7) is 9.16. The number of hydrogen-bond donors (Lipinski definition) is 0. The first-order chi connectivity index (χ1) is 24.1. The summed E-state index contributed by atoms with van der Waals surface area (Å²) in [6, 6.07) is 9.25. The fraction of sp³-hybridized carbons (Fsp3) is 0.787. The Morgan fingerprint density at radius 1 is 0.429 bits per heavy atom. The molecule has 6 rings (SSSR count). The Labute approximate surface area is 303 Å². The van der Waals surface area contributed by atoms with Crippen molar-refractivity contribution in [3.63, 3.8) is 0 Å². The zero-order valence-electron chi connectivity index (χ0n) is 32.7. The van der Waals surface area contributed by atoms with Gasteiger partial charge in [-0.1, -0.05) is 110 Å². The predicted molar refractivity (Wildman–Crippen MR) is 211 cm³/mol. The summed E-state index contributed by atoms with van der Waals surface area (Å²) < 4.78 is 0. The third kappa shape index (κ3) is 11.9. The van der Waals surface area contributed by atoms with Crippen LogP contribution in [0.5, 0.6) is 0 Å². The van der Waals surface area contributed by atoms with E-state index in [4.69, 9.17) is 9.97 Å². The number of aryl methyl sites for hydroxylation is 2. The van der Waals surface area contributed by atoms with E-state index < -0.39 is 0 Å². The lowest BCUT2D eigenvalue weighted by molar-refractivity contribution is 0.155. The monoisotopic (exact) mass is 669 g/mol. The molecule has 49 heavy (non-hydrogen) atoms. The molecule has 0 saturated heterocycles. The molecule has 4 aliphatic rings. The second-order valence-corrected chi connectivity index (χ2v) is 17.4. The normalized spacial score (nSPS) is 30.7. The molecule has 2 aromatic heterocycles. The molecular weight excluding hydrogens is 593 g/mol. The molecular formula is C47H76N2. The van der Waals surface area contributed by atoms with Gasteiger partial charge in [0.25, 0.3) is 0 Å². The molecule has 0 bridgehead atoms. The van der Waals surface area contributed by atoms with Crippen LogP contribution in [0.1, 0.15) is 210 Å². The van der Waals surface area contributed by atoms with Crippen LogP contribution < -0.4 is 0 Å². The van der Waals surface area contributed by atoms with Crippen LogP contribution in [-0.4, -0.2) is 9.97 Å². The molecule has 2 nitrogen and oxygen atoms in total. The fourth-order valence-corrected chi connectivity index (χ4v) is 10.8. The van der Waals surface area contributed by atoms with Crippen LogP contribution >= 0.6 is 0 Å². The first kappa shape index (κ1) is 38.5. The van der Waals surface area contributed by atoms with Crippen LogP contribution in [0.4, 0.5) is 0 Å². The van der Waals surface area contributed by atoms with Crippen LogP contribution in [0.3, 0.4) is 0 Å². The van der Waals surface area contributed by atoms with Crippen molar-refractivity contribution in [1.29, 1.82) is 0 Å². The molecule has 0 atom stereocenters. The number of unbranched alkanes of at least 4 members (excludes halogenated alkanes) is 1. The highest BCUT2D eigenvalue weighted by Gasteiger charge is 2.33. The summed E-state index contributed by atoms with van der Waals surface area (Å²) in [5.41, 5.74) is 5.53. The molecule has 0 radical (unpaired) electrons. The van der Waals surface area contributed by atoms with E-state index in [9.17, 15) is 0 Å². The first-order valence-corrected chi connectivity index (χ1v) is 22.0. The van der Waals surface area contributed by atoms with Crippen LogP contribution in [0.15, 0.2) is 36.7 Å². The standard InChI is InChI=1S/C24H39N.C23H37N/c1-3-5-7-19-8-11-21(12-9-19)22-13-15-23(16-14-22)24-17-10-20(6-4-2)18-25-24;1-3-5-18-7-10-20(11-8-18)21-12-14-22(15-13-21)23-16-9-19(6-4-2)17-24-23/h10,17-19,21-23H,3-9,11-16H2,1-2H3;9,16-18,20-22H,3-8,10-15H2,1-2H3. The lowest BCUT2D eigenvalue weighted by Crippen LogP contribution is -2.25. The van der Waals surface area contributed by atoms with Crippen molar-refractivity contribution in [3.05, 3.63) is 59.2 Å². The van der Waals surface area contributed by atoms with E-state index in [1.807, 2.05) is 0 Å². The Kier molecular flexibility index (Phi) is 16.5. The van der Waals surface area contributed by atoms with Gasteiger partial charge in [0.05, 0.1) is 0 Å². The van der Waals surface area contributed by atoms with Crippen LogP contribution in [0, 0.1) is 35.5 Å². The molecule has 4 aliphatic carbocycles. The highest BCUT2D eigenvalue weighted by molar-refractivity contribution is 5.18. The van der Waals surface area contributed by atoms with Crippen LogP contribution in [0.2, 0.25) is 0 Å². The van der Waals surface area contributed by atoms with Gasteiger partial charge in [-0.15, -0.1) is 0 Å². The zero-order chi connectivity index (χ0) is 34.3. The molecule has 0 aromatic carbocycles. The average Bonchev–Trinajstić information content (AvgIpc) is 3.16. The van der Waals surface area contributed by atoms with E-state index >= 15 is 0 Å². The highest BCUT2D eigenvalue weighted by Crippen LogP contribution is 2.45. The maximum atomic E-state index is 4.80. The molecule has 4 saturated carbocycles. The second-order valence-electron chi connectivity index (χ2n) is 17.4. The summed E-state index contributed by atoms with van der Waals surface area (Å²) in [6.07, 6.45) is 39.6. The third-order valence-electron chi connectivity index (χ3n) is 13.9. The fourth-order valence-electron chi connectivity index (χ4n) is 10.8. The number of pyridine rings is 2. The molecule has 0 unspecified atom stereocenters. The van der Waals surface area contributed by atoms with Crippen molar-refractivity contribution < 1.29 is 0 Å². The van der Waals surface area contributed by atoms with Gasteiger partial charge in [0.15, 0.2) is 0 Å². The van der Waals surface area contributed by atoms with Gasteiger partial charge >= 0.3 is 0 Å². The summed E-state index contributed by atoms with van der Waals surface area (Å²) in [5, 5.41) is 0. The SMILES string of the molecule is CCCCC1CCC(C2CCC(c3ccc(CCC)cn3)CC2)CC1.CCCc1ccc(C2CCC(C3CCC(CCC)CC3)CC2)nc1. The maximum Gasteiger partial charge on any atom is 0.0434 e. The number of aromatic nitrogens is 2. The first-order valence-electron chi connectivity index (χ1n) is 22.0. The van der Waals surface area contributed by atoms with Gasteiger partial charge < -0.3 is 0 Å². The number of rotatable bonds is 13. The quantitative estimate of drug-likeness (QED) is 0.212. The minimum absolute atomic E-state index is 0.729. The Morgan fingerprint density at radius 3 is 1.14 bits per heavy atom. The van der Waals surface area contributed by atoms with E-state index in [2.05, 4.69) is 64.4 Å². The van der Waals surface area contributed by atoms with Crippen LogP contribution in [-0.2, 0) is 12.8 Å². The van der Waals surface area contributed by atoms with Gasteiger partial charge in [0.1, 0.15) is 0 Å². The Bertz CT molecular complexity index is 1120. The molecule has 4 fully saturated rings. The van der Waals surface area contributed by atoms with Gasteiger partial charge in [-0.25, -0.2) is 0 Å². The van der Waals surface area contributed by atoms with E-state index in [1.165, 1.54) is 183 Å². The van der Waals surface area contributed by atoms with E-state index in [0.29, 0.717) is 0 Å². The minimum atomic E-state index is 0.729. The van der Waals surface area contributed by atoms with Crippen molar-refractivity contribution in [2.24, 2.45) is 35.5 Å². The second kappa shape index (κ2) is 21.0. The van der Waals surface area contributed by atoms with Crippen LogP contribution in [0.25, 0.3) is 0 Å². The average molecular weight is 669 g/mol. The van der Waals surface area contributed by atoms with E-state index in [1.54, 1.807) is 0 Å². The highest BCUT2D eigenvalue weighted by atomic mass is 14.7. The largest absolute Gasteiger partial charge is 0.261 e. The van der Waals surface area contributed by atoms with Gasteiger partial charge in [-0.05, 0) is 149 Å². The summed E-state index contributed by atoms with van der Waals surface area (Å²) in [4.78, 5) is 9.59. The minimum Gasteiger partial charge on any atom is -0.261 e. The third-order valence-corrected chi connectivity index (χ3v) is 13.9. The number of nitrogens with zero attached hydrogens (tertiary/aromatic N) is 2. The van der Waals surface area contributed by atoms with Crippen molar-refractivity contribution in [3.8, 4) is 0 Å². The lowest BCUT2D eigenvalue weighted by Gasteiger charge is -2.37. The Balaban J connectivity index is 0.000000191. The van der Waals surface area contributed by atoms with E-state index in [0.717, 1.165) is 47.3 Å². The summed E-state index contributed by atoms with van der Waals surface area (Å²) in [5.74, 6) is 7.68. The molecule has 2 heteroatoms. The zero-order valence-corrected chi connectivity index (χ0v) is 32.7. The van der Waals surface area contributed by atoms with Crippen molar-refractivity contribution in [2.75, 3.05) is 0 Å². The summed E-state index contributed by atoms with van der Waals surface area (Å²) in [7, 11) is 0. The molecule has 274 valence electrons. The van der Waals surface area contributed by atoms with E-state index in [-0.39, 0.29) is 0 Å². The van der Waals surface area contributed by atoms with Gasteiger partial charge in [0, 0.05) is 35.6 Å². The van der Waals surface area contributed by atoms with Crippen molar-refractivity contribution in [2.45, 2.75) is 200 Å². The molecule has 0 spiro atoms. The molecule has 0 amide bonds. The Morgan fingerprint density at radius 2 is 0.816 bits per heavy atom. The molecule has 2 aromatic rings. The molecule has 2 heterocycles. The smallest absolute Gasteiger partial charge is 0.0434 e. The number of hydrogen-bond acceptors (Lipinski definition) is 2. The topological polar surface area (TPSA) is 25.8 Å². The lowest BCUT2D eigenvalue weighted by atomic mass is 9.68. The predicted octanol–water partition coefficient (Wildman–Crippen LogP) is 14.2. The molecule has 0 N–H and O–H groups in total. The Hall–Kier alpha value is -1.70. The summed E-state index contributed by atoms with van der Waals surface area (Å²) >= 11 is 0.